The van der Waals surface area contributed by atoms with E-state index in [1.807, 2.05) is 30.3 Å². The monoisotopic (exact) mass is 380 g/mol. The van der Waals surface area contributed by atoms with Crippen LogP contribution in [0.1, 0.15) is 39.2 Å². The molecular formula is C19H28N2O6. The molecule has 1 rings (SSSR count). The Hall–Kier alpha value is -2.77. The standard InChI is InChI=1S/C19H28N2O6/c1-19(2,3)27-18(25)21(13-16(22)23)12-8-7-11-20-17(24)26-14-15-9-5-4-6-10-15/h4-6,9-10H,7-8,11-14H2,1-3H3,(H,20,24)(H,22,23). The van der Waals surface area contributed by atoms with E-state index in [9.17, 15) is 14.4 Å². The van der Waals surface area contributed by atoms with Crippen LogP contribution >= 0.6 is 0 Å². The summed E-state index contributed by atoms with van der Waals surface area (Å²) in [6, 6.07) is 9.34. The molecule has 0 fully saturated rings. The van der Waals surface area contributed by atoms with Crippen molar-refractivity contribution in [2.24, 2.45) is 0 Å². The third-order valence-electron chi connectivity index (χ3n) is 3.31. The topological polar surface area (TPSA) is 105 Å². The molecule has 0 unspecified atom stereocenters. The van der Waals surface area contributed by atoms with Gasteiger partial charge in [0.1, 0.15) is 18.8 Å². The molecule has 0 saturated carbocycles. The number of benzene rings is 1. The van der Waals surface area contributed by atoms with Crippen LogP contribution in [0.4, 0.5) is 9.59 Å². The zero-order valence-corrected chi connectivity index (χ0v) is 16.1. The number of amides is 2. The molecule has 0 aliphatic heterocycles. The number of aliphatic carboxylic acids is 1. The van der Waals surface area contributed by atoms with Gasteiger partial charge in [-0.2, -0.15) is 0 Å². The zero-order valence-electron chi connectivity index (χ0n) is 16.1. The van der Waals surface area contributed by atoms with Crippen LogP contribution in [-0.2, 0) is 20.9 Å². The average molecular weight is 380 g/mol. The van der Waals surface area contributed by atoms with Crippen molar-refractivity contribution in [2.75, 3.05) is 19.6 Å². The van der Waals surface area contributed by atoms with Gasteiger partial charge in [-0.1, -0.05) is 30.3 Å². The second-order valence-corrected chi connectivity index (χ2v) is 6.99. The smallest absolute Gasteiger partial charge is 0.410 e. The summed E-state index contributed by atoms with van der Waals surface area (Å²) in [5.74, 6) is -1.11. The largest absolute Gasteiger partial charge is 0.480 e. The fourth-order valence-corrected chi connectivity index (χ4v) is 2.12. The van der Waals surface area contributed by atoms with Crippen molar-refractivity contribution in [3.63, 3.8) is 0 Å². The van der Waals surface area contributed by atoms with E-state index in [4.69, 9.17) is 14.6 Å². The number of carboxylic acids is 1. The summed E-state index contributed by atoms with van der Waals surface area (Å²) >= 11 is 0. The van der Waals surface area contributed by atoms with Crippen molar-refractivity contribution in [3.05, 3.63) is 35.9 Å². The fourth-order valence-electron chi connectivity index (χ4n) is 2.12. The number of hydrogen-bond acceptors (Lipinski definition) is 5. The highest BCUT2D eigenvalue weighted by molar-refractivity contribution is 5.76. The molecule has 0 atom stereocenters. The summed E-state index contributed by atoms with van der Waals surface area (Å²) in [4.78, 5) is 35.7. The second-order valence-electron chi connectivity index (χ2n) is 6.99. The Bertz CT molecular complexity index is 612. The Morgan fingerprint density at radius 3 is 2.37 bits per heavy atom. The number of alkyl carbamates (subject to hydrolysis) is 1. The van der Waals surface area contributed by atoms with E-state index < -0.39 is 30.3 Å². The number of ether oxygens (including phenoxy) is 2. The lowest BCUT2D eigenvalue weighted by Crippen LogP contribution is -2.40. The maximum atomic E-state index is 12.0. The van der Waals surface area contributed by atoms with E-state index in [0.29, 0.717) is 19.4 Å². The van der Waals surface area contributed by atoms with Gasteiger partial charge in [0.2, 0.25) is 0 Å². The van der Waals surface area contributed by atoms with Gasteiger partial charge in [-0.15, -0.1) is 0 Å². The highest BCUT2D eigenvalue weighted by Crippen LogP contribution is 2.10. The van der Waals surface area contributed by atoms with Gasteiger partial charge >= 0.3 is 18.2 Å². The summed E-state index contributed by atoms with van der Waals surface area (Å²) < 4.78 is 10.3. The number of carbonyl (C=O) groups is 3. The van der Waals surface area contributed by atoms with Crippen LogP contribution in [0.5, 0.6) is 0 Å². The van der Waals surface area contributed by atoms with Crippen LogP contribution in [0.15, 0.2) is 30.3 Å². The van der Waals surface area contributed by atoms with Gasteiger partial charge in [-0.05, 0) is 39.2 Å². The third-order valence-corrected chi connectivity index (χ3v) is 3.31. The second kappa shape index (κ2) is 11.1. The lowest BCUT2D eigenvalue weighted by Gasteiger charge is -2.26. The molecule has 0 bridgehead atoms. The zero-order chi connectivity index (χ0) is 20.3. The first-order chi connectivity index (χ1) is 12.7. The van der Waals surface area contributed by atoms with E-state index >= 15 is 0 Å². The summed E-state index contributed by atoms with van der Waals surface area (Å²) in [7, 11) is 0. The molecule has 2 N–H and O–H groups in total. The Morgan fingerprint density at radius 2 is 1.78 bits per heavy atom. The highest BCUT2D eigenvalue weighted by atomic mass is 16.6. The molecule has 0 aromatic heterocycles. The predicted octanol–water partition coefficient (Wildman–Crippen LogP) is 3.01. The molecular weight excluding hydrogens is 352 g/mol. The lowest BCUT2D eigenvalue weighted by molar-refractivity contribution is -0.138. The van der Waals surface area contributed by atoms with Crippen molar-refractivity contribution >= 4 is 18.2 Å². The molecule has 0 saturated heterocycles. The normalized spacial score (nSPS) is 10.8. The average Bonchev–Trinajstić information content (AvgIpc) is 2.57. The third kappa shape index (κ3) is 10.7. The van der Waals surface area contributed by atoms with Gasteiger partial charge in [0, 0.05) is 13.1 Å². The first kappa shape index (κ1) is 22.3. The predicted molar refractivity (Wildman–Crippen MR) is 99.3 cm³/mol. The molecule has 2 amide bonds. The van der Waals surface area contributed by atoms with Gasteiger partial charge in [-0.25, -0.2) is 9.59 Å². The number of rotatable bonds is 9. The van der Waals surface area contributed by atoms with E-state index in [2.05, 4.69) is 5.32 Å². The van der Waals surface area contributed by atoms with Crippen LogP contribution in [0.25, 0.3) is 0 Å². The minimum Gasteiger partial charge on any atom is -0.480 e. The van der Waals surface area contributed by atoms with Gasteiger partial charge in [0.05, 0.1) is 0 Å². The number of carboxylic acid groups (broad SMARTS) is 1. The van der Waals surface area contributed by atoms with Gasteiger partial charge < -0.3 is 19.9 Å². The molecule has 1 aromatic carbocycles. The lowest BCUT2D eigenvalue weighted by atomic mass is 10.2. The number of unbranched alkanes of at least 4 members (excludes halogenated alkanes) is 1. The van der Waals surface area contributed by atoms with Crippen molar-refractivity contribution < 1.29 is 29.0 Å². The van der Waals surface area contributed by atoms with Crippen molar-refractivity contribution in [1.82, 2.24) is 10.2 Å². The Labute approximate surface area is 159 Å². The molecule has 0 aliphatic rings. The molecule has 8 heteroatoms. The minimum absolute atomic E-state index is 0.192. The minimum atomic E-state index is -1.11. The summed E-state index contributed by atoms with van der Waals surface area (Å²) in [5.41, 5.74) is 0.201. The van der Waals surface area contributed by atoms with Crippen LogP contribution < -0.4 is 5.32 Å². The van der Waals surface area contributed by atoms with Gasteiger partial charge in [0.15, 0.2) is 0 Å². The highest BCUT2D eigenvalue weighted by Gasteiger charge is 2.23. The summed E-state index contributed by atoms with van der Waals surface area (Å²) in [5, 5.41) is 11.6. The quantitative estimate of drug-likeness (QED) is 0.638. The fraction of sp³-hybridized carbons (Fsp3) is 0.526. The maximum absolute atomic E-state index is 12.0. The van der Waals surface area contributed by atoms with Crippen LogP contribution in [0.2, 0.25) is 0 Å². The number of nitrogens with zero attached hydrogens (tertiary/aromatic N) is 1. The van der Waals surface area contributed by atoms with E-state index in [1.165, 1.54) is 0 Å². The van der Waals surface area contributed by atoms with Crippen LogP contribution in [0, 0.1) is 0 Å². The molecule has 0 aliphatic carbocycles. The molecule has 8 nitrogen and oxygen atoms in total. The van der Waals surface area contributed by atoms with E-state index in [1.54, 1.807) is 20.8 Å². The molecule has 1 aromatic rings. The van der Waals surface area contributed by atoms with Crippen LogP contribution in [0.3, 0.4) is 0 Å². The first-order valence-electron chi connectivity index (χ1n) is 8.81. The van der Waals surface area contributed by atoms with Crippen molar-refractivity contribution in [3.8, 4) is 0 Å². The van der Waals surface area contributed by atoms with Crippen molar-refractivity contribution in [2.45, 2.75) is 45.8 Å². The summed E-state index contributed by atoms with van der Waals surface area (Å²) in [6.45, 7) is 5.50. The molecule has 150 valence electrons. The molecule has 0 heterocycles. The van der Waals surface area contributed by atoms with Gasteiger partial charge in [-0.3, -0.25) is 9.69 Å². The Morgan fingerprint density at radius 1 is 1.11 bits per heavy atom. The van der Waals surface area contributed by atoms with Gasteiger partial charge in [0.25, 0.3) is 0 Å². The summed E-state index contributed by atoms with van der Waals surface area (Å²) in [6.07, 6.45) is -0.0984. The maximum Gasteiger partial charge on any atom is 0.410 e. The number of nitrogens with one attached hydrogen (secondary N) is 1. The SMILES string of the molecule is CC(C)(C)OC(=O)N(CCCCNC(=O)OCc1ccccc1)CC(=O)O. The number of hydrogen-bond donors (Lipinski definition) is 2. The number of carbonyl (C=O) groups excluding carboxylic acids is 2. The Kier molecular flexibility index (Phi) is 9.12. The van der Waals surface area contributed by atoms with Crippen molar-refractivity contribution in [1.29, 1.82) is 0 Å². The Balaban J connectivity index is 2.27. The molecule has 0 radical (unpaired) electrons. The van der Waals surface area contributed by atoms with Crippen LogP contribution in [-0.4, -0.2) is 53.4 Å². The molecule has 27 heavy (non-hydrogen) atoms. The van der Waals surface area contributed by atoms with E-state index in [-0.39, 0.29) is 13.2 Å². The first-order valence-corrected chi connectivity index (χ1v) is 8.81. The molecule has 0 spiro atoms. The van der Waals surface area contributed by atoms with E-state index in [0.717, 1.165) is 10.5 Å².